The Labute approximate surface area is 234 Å². The summed E-state index contributed by atoms with van der Waals surface area (Å²) in [4.78, 5) is 11.7. The normalized spacial score (nSPS) is 11.1. The number of para-hydroxylation sites is 1. The third-order valence-electron chi connectivity index (χ3n) is 5.44. The fraction of sp³-hybridized carbons (Fsp3) is 0.406. The number of hydrogen-bond acceptors (Lipinski definition) is 7. The number of phenols is 1. The molecule has 0 aliphatic heterocycles. The number of aliphatic hydroxyl groups is 1. The molecule has 0 bridgehead atoms. The molecule has 3 aromatic rings. The second-order valence-electron chi connectivity index (χ2n) is 7.41. The van der Waals surface area contributed by atoms with Gasteiger partial charge in [-0.15, -0.1) is 0 Å². The number of phenolic OH excluding ortho intramolecular Hbond substituents is 1. The van der Waals surface area contributed by atoms with E-state index in [4.69, 9.17) is 18.9 Å². The van der Waals surface area contributed by atoms with Gasteiger partial charge in [0.15, 0.2) is 28.8 Å². The Bertz CT molecular complexity index is 1110. The van der Waals surface area contributed by atoms with Crippen molar-refractivity contribution >= 4 is 5.78 Å². The van der Waals surface area contributed by atoms with E-state index in [9.17, 15) is 15.0 Å². The summed E-state index contributed by atoms with van der Waals surface area (Å²) < 4.78 is 22.4. The van der Waals surface area contributed by atoms with E-state index in [1.807, 2.05) is 47.6 Å². The molecule has 216 valence electrons. The topological polar surface area (TPSA) is 94.5 Å². The molecule has 3 aromatic carbocycles. The molecular weight excluding hydrogens is 496 g/mol. The minimum Gasteiger partial charge on any atom is -0.508 e. The molecule has 3 rings (SSSR count). The zero-order chi connectivity index (χ0) is 30.0. The SMILES string of the molecule is CC.CC.CC.COc1ccc(C(c2ccccc2O)C(CO)Oc2ccc(C(C)=O)cc2OC)cc1OC. The monoisotopic (exact) mass is 542 g/mol. The van der Waals surface area contributed by atoms with Gasteiger partial charge in [0.25, 0.3) is 0 Å². The number of ether oxygens (including phenoxy) is 4. The predicted molar refractivity (Wildman–Crippen MR) is 158 cm³/mol. The van der Waals surface area contributed by atoms with E-state index < -0.39 is 12.0 Å². The first-order chi connectivity index (χ1) is 18.9. The van der Waals surface area contributed by atoms with Crippen LogP contribution in [0.3, 0.4) is 0 Å². The van der Waals surface area contributed by atoms with E-state index in [-0.39, 0.29) is 18.1 Å². The van der Waals surface area contributed by atoms with Gasteiger partial charge in [0.2, 0.25) is 0 Å². The van der Waals surface area contributed by atoms with E-state index in [0.717, 1.165) is 5.56 Å². The van der Waals surface area contributed by atoms with E-state index in [1.54, 1.807) is 61.7 Å². The van der Waals surface area contributed by atoms with Crippen LogP contribution in [0.4, 0.5) is 0 Å². The van der Waals surface area contributed by atoms with Gasteiger partial charge in [0.05, 0.1) is 33.9 Å². The van der Waals surface area contributed by atoms with Crippen LogP contribution in [0.25, 0.3) is 0 Å². The van der Waals surface area contributed by atoms with Crippen molar-refractivity contribution in [2.45, 2.75) is 60.5 Å². The average molecular weight is 543 g/mol. The third-order valence-corrected chi connectivity index (χ3v) is 5.44. The Balaban J connectivity index is 0.00000225. The van der Waals surface area contributed by atoms with Gasteiger partial charge in [-0.05, 0) is 48.9 Å². The maximum atomic E-state index is 11.7. The minimum absolute atomic E-state index is 0.0678. The summed E-state index contributed by atoms with van der Waals surface area (Å²) in [5, 5.41) is 21.0. The maximum Gasteiger partial charge on any atom is 0.161 e. The van der Waals surface area contributed by atoms with Crippen LogP contribution in [-0.4, -0.2) is 50.0 Å². The summed E-state index contributed by atoms with van der Waals surface area (Å²) in [6.45, 7) is 13.1. The first kappa shape index (κ1) is 35.3. The summed E-state index contributed by atoms with van der Waals surface area (Å²) in [7, 11) is 4.57. The molecule has 0 fully saturated rings. The molecule has 2 N–H and O–H groups in total. The summed E-state index contributed by atoms with van der Waals surface area (Å²) in [6.07, 6.45) is -0.798. The largest absolute Gasteiger partial charge is 0.508 e. The molecule has 7 heteroatoms. The highest BCUT2D eigenvalue weighted by Gasteiger charge is 2.30. The van der Waals surface area contributed by atoms with Gasteiger partial charge < -0.3 is 29.2 Å². The quantitative estimate of drug-likeness (QED) is 0.260. The third kappa shape index (κ3) is 9.52. The Morgan fingerprint density at radius 1 is 0.744 bits per heavy atom. The van der Waals surface area contributed by atoms with Crippen LogP contribution in [0.5, 0.6) is 28.7 Å². The molecule has 0 spiro atoms. The lowest BCUT2D eigenvalue weighted by Gasteiger charge is -2.29. The molecule has 2 unspecified atom stereocenters. The van der Waals surface area contributed by atoms with Crippen molar-refractivity contribution < 1.29 is 34.0 Å². The predicted octanol–water partition coefficient (Wildman–Crippen LogP) is 7.27. The molecule has 0 heterocycles. The number of aromatic hydroxyl groups is 1. The highest BCUT2D eigenvalue weighted by Crippen LogP contribution is 2.40. The lowest BCUT2D eigenvalue weighted by atomic mass is 9.85. The Hall–Kier alpha value is -3.71. The number of ketones is 1. The molecular formula is C32H46O7. The molecule has 0 radical (unpaired) electrons. The molecule has 0 saturated heterocycles. The molecule has 0 amide bonds. The van der Waals surface area contributed by atoms with Crippen LogP contribution in [0.1, 0.15) is 75.9 Å². The van der Waals surface area contributed by atoms with E-state index in [0.29, 0.717) is 34.1 Å². The number of hydrogen-bond donors (Lipinski definition) is 2. The standard InChI is InChI=1S/C26H28O7.3C2H6/c1-16(28)17-9-12-22(24(13-17)32-4)33-25(15-27)26(19-7-5-6-8-20(19)29)18-10-11-21(30-2)23(14-18)31-3;3*1-2/h5-14,25-27,29H,15H2,1-4H3;3*1-2H3. The van der Waals surface area contributed by atoms with Crippen molar-refractivity contribution in [2.24, 2.45) is 0 Å². The number of rotatable bonds is 10. The lowest BCUT2D eigenvalue weighted by molar-refractivity contribution is 0.0983. The smallest absolute Gasteiger partial charge is 0.161 e. The molecule has 0 aliphatic rings. The summed E-state index contributed by atoms with van der Waals surface area (Å²) in [5.41, 5.74) is 1.80. The number of carbonyl (C=O) groups excluding carboxylic acids is 1. The molecule has 7 nitrogen and oxygen atoms in total. The first-order valence-corrected chi connectivity index (χ1v) is 13.4. The van der Waals surface area contributed by atoms with Crippen molar-refractivity contribution in [1.29, 1.82) is 0 Å². The highest BCUT2D eigenvalue weighted by molar-refractivity contribution is 5.94. The van der Waals surface area contributed by atoms with Crippen LogP contribution < -0.4 is 18.9 Å². The lowest BCUT2D eigenvalue weighted by Crippen LogP contribution is -2.30. The number of Topliss-reactive ketones (excluding diaryl/α,β-unsaturated/α-hetero) is 1. The highest BCUT2D eigenvalue weighted by atomic mass is 16.5. The number of methoxy groups -OCH3 is 3. The van der Waals surface area contributed by atoms with Crippen LogP contribution in [0.2, 0.25) is 0 Å². The molecule has 2 atom stereocenters. The second kappa shape index (κ2) is 19.4. The molecule has 0 aliphatic carbocycles. The molecule has 0 saturated carbocycles. The van der Waals surface area contributed by atoms with Gasteiger partial charge in [-0.1, -0.05) is 65.8 Å². The Kier molecular flexibility index (Phi) is 17.5. The van der Waals surface area contributed by atoms with Gasteiger partial charge in [0, 0.05) is 11.1 Å². The van der Waals surface area contributed by atoms with Crippen molar-refractivity contribution in [3.63, 3.8) is 0 Å². The summed E-state index contributed by atoms with van der Waals surface area (Å²) in [6, 6.07) is 17.1. The average Bonchev–Trinajstić information content (AvgIpc) is 3.00. The van der Waals surface area contributed by atoms with Crippen molar-refractivity contribution in [3.05, 3.63) is 77.4 Å². The fourth-order valence-corrected chi connectivity index (χ4v) is 3.75. The zero-order valence-electron chi connectivity index (χ0n) is 25.1. The van der Waals surface area contributed by atoms with Crippen molar-refractivity contribution in [3.8, 4) is 28.7 Å². The van der Waals surface area contributed by atoms with E-state index >= 15 is 0 Å². The summed E-state index contributed by atoms with van der Waals surface area (Å²) >= 11 is 0. The second-order valence-corrected chi connectivity index (χ2v) is 7.41. The summed E-state index contributed by atoms with van der Waals surface area (Å²) in [5.74, 6) is 1.20. The van der Waals surface area contributed by atoms with Gasteiger partial charge in [-0.2, -0.15) is 0 Å². The van der Waals surface area contributed by atoms with Crippen molar-refractivity contribution in [1.82, 2.24) is 0 Å². The van der Waals surface area contributed by atoms with Crippen LogP contribution in [0, 0.1) is 0 Å². The van der Waals surface area contributed by atoms with Gasteiger partial charge >= 0.3 is 0 Å². The van der Waals surface area contributed by atoms with Crippen LogP contribution in [0.15, 0.2) is 60.7 Å². The molecule has 39 heavy (non-hydrogen) atoms. The van der Waals surface area contributed by atoms with Gasteiger partial charge in [-0.3, -0.25) is 4.79 Å². The fourth-order valence-electron chi connectivity index (χ4n) is 3.75. The Morgan fingerprint density at radius 3 is 1.79 bits per heavy atom. The number of carbonyl (C=O) groups is 1. The van der Waals surface area contributed by atoms with Crippen molar-refractivity contribution in [2.75, 3.05) is 27.9 Å². The van der Waals surface area contributed by atoms with E-state index in [2.05, 4.69) is 0 Å². The van der Waals surface area contributed by atoms with Gasteiger partial charge in [0.1, 0.15) is 11.9 Å². The number of aliphatic hydroxyl groups excluding tert-OH is 1. The van der Waals surface area contributed by atoms with Crippen LogP contribution in [-0.2, 0) is 0 Å². The van der Waals surface area contributed by atoms with Crippen LogP contribution >= 0.6 is 0 Å². The van der Waals surface area contributed by atoms with E-state index in [1.165, 1.54) is 21.1 Å². The first-order valence-electron chi connectivity index (χ1n) is 13.4. The number of benzene rings is 3. The Morgan fingerprint density at radius 2 is 1.28 bits per heavy atom. The molecule has 0 aromatic heterocycles. The zero-order valence-corrected chi connectivity index (χ0v) is 25.1. The van der Waals surface area contributed by atoms with Gasteiger partial charge in [-0.25, -0.2) is 0 Å². The minimum atomic E-state index is -0.798. The maximum absolute atomic E-state index is 11.7.